The Hall–Kier alpha value is -3.56. The molecule has 184 valence electrons. The fraction of sp³-hybridized carbons (Fsp3) is 0.269. The van der Waals surface area contributed by atoms with Gasteiger partial charge in [-0.15, -0.1) is 0 Å². The SMILES string of the molecule is COc1ccc(C2CCCN2C(=O)/C=C/c2ccc(S(=O)(=O)NCc3ccco3)cc2)c(OC)c1. The number of furan rings is 1. The Kier molecular flexibility index (Phi) is 7.57. The summed E-state index contributed by atoms with van der Waals surface area (Å²) in [5, 5.41) is 0. The lowest BCUT2D eigenvalue weighted by atomic mass is 10.0. The van der Waals surface area contributed by atoms with E-state index in [4.69, 9.17) is 13.9 Å². The predicted octanol–water partition coefficient (Wildman–Crippen LogP) is 4.15. The number of nitrogens with zero attached hydrogens (tertiary/aromatic N) is 1. The van der Waals surface area contributed by atoms with E-state index in [0.717, 1.165) is 24.0 Å². The van der Waals surface area contributed by atoms with Crippen LogP contribution in [0.15, 0.2) is 76.2 Å². The van der Waals surface area contributed by atoms with Crippen molar-refractivity contribution < 1.29 is 27.1 Å². The largest absolute Gasteiger partial charge is 0.497 e. The summed E-state index contributed by atoms with van der Waals surface area (Å²) in [6.07, 6.45) is 6.45. The average Bonchev–Trinajstić information content (AvgIpc) is 3.58. The second-order valence-electron chi connectivity index (χ2n) is 8.10. The number of ether oxygens (including phenoxy) is 2. The van der Waals surface area contributed by atoms with Gasteiger partial charge >= 0.3 is 0 Å². The van der Waals surface area contributed by atoms with E-state index in [9.17, 15) is 13.2 Å². The van der Waals surface area contributed by atoms with Gasteiger partial charge in [-0.25, -0.2) is 13.1 Å². The maximum Gasteiger partial charge on any atom is 0.247 e. The smallest absolute Gasteiger partial charge is 0.247 e. The van der Waals surface area contributed by atoms with Gasteiger partial charge in [0.2, 0.25) is 15.9 Å². The summed E-state index contributed by atoms with van der Waals surface area (Å²) >= 11 is 0. The van der Waals surface area contributed by atoms with Crippen LogP contribution in [0.3, 0.4) is 0 Å². The number of methoxy groups -OCH3 is 2. The van der Waals surface area contributed by atoms with Crippen LogP contribution in [0.25, 0.3) is 6.08 Å². The zero-order valence-electron chi connectivity index (χ0n) is 19.6. The van der Waals surface area contributed by atoms with Crippen LogP contribution in [0.5, 0.6) is 11.5 Å². The van der Waals surface area contributed by atoms with Crippen molar-refractivity contribution in [3.05, 3.63) is 83.8 Å². The van der Waals surface area contributed by atoms with Gasteiger partial charge in [-0.1, -0.05) is 12.1 Å². The van der Waals surface area contributed by atoms with Gasteiger partial charge in [-0.3, -0.25) is 4.79 Å². The van der Waals surface area contributed by atoms with E-state index in [0.29, 0.717) is 23.8 Å². The van der Waals surface area contributed by atoms with Gasteiger partial charge in [-0.2, -0.15) is 0 Å². The first-order valence-corrected chi connectivity index (χ1v) is 12.7. The fourth-order valence-electron chi connectivity index (χ4n) is 4.13. The Morgan fingerprint density at radius 3 is 2.63 bits per heavy atom. The molecule has 0 bridgehead atoms. The lowest BCUT2D eigenvalue weighted by Crippen LogP contribution is -2.29. The molecule has 1 N–H and O–H groups in total. The lowest BCUT2D eigenvalue weighted by Gasteiger charge is -2.25. The van der Waals surface area contributed by atoms with Crippen molar-refractivity contribution >= 4 is 22.0 Å². The van der Waals surface area contributed by atoms with Crippen molar-refractivity contribution in [3.63, 3.8) is 0 Å². The van der Waals surface area contributed by atoms with E-state index in [1.165, 1.54) is 24.5 Å². The minimum absolute atomic E-state index is 0.0709. The molecule has 0 spiro atoms. The maximum atomic E-state index is 13.0. The molecule has 0 aliphatic carbocycles. The number of carbonyl (C=O) groups excluding carboxylic acids is 1. The summed E-state index contributed by atoms with van der Waals surface area (Å²) in [7, 11) is -0.469. The fourth-order valence-corrected chi connectivity index (χ4v) is 5.12. The van der Waals surface area contributed by atoms with E-state index in [-0.39, 0.29) is 23.4 Å². The number of hydrogen-bond donors (Lipinski definition) is 1. The van der Waals surface area contributed by atoms with Gasteiger partial charge < -0.3 is 18.8 Å². The van der Waals surface area contributed by atoms with E-state index in [1.807, 2.05) is 23.1 Å². The van der Waals surface area contributed by atoms with Gasteiger partial charge in [0, 0.05) is 24.3 Å². The molecule has 8 nitrogen and oxygen atoms in total. The molecule has 3 aromatic rings. The number of amides is 1. The van der Waals surface area contributed by atoms with E-state index in [1.54, 1.807) is 44.6 Å². The van der Waals surface area contributed by atoms with Crippen LogP contribution < -0.4 is 14.2 Å². The summed E-state index contributed by atoms with van der Waals surface area (Å²) in [6.45, 7) is 0.725. The Balaban J connectivity index is 1.42. The molecule has 1 amide bonds. The summed E-state index contributed by atoms with van der Waals surface area (Å²) in [6, 6.07) is 15.3. The molecule has 4 rings (SSSR count). The van der Waals surface area contributed by atoms with Crippen molar-refractivity contribution in [1.29, 1.82) is 0 Å². The number of nitrogens with one attached hydrogen (secondary N) is 1. The Labute approximate surface area is 205 Å². The molecule has 1 atom stereocenters. The Morgan fingerprint density at radius 1 is 1.14 bits per heavy atom. The first kappa shape index (κ1) is 24.6. The molecule has 1 fully saturated rings. The number of benzene rings is 2. The molecule has 1 aliphatic rings. The molecule has 0 radical (unpaired) electrons. The number of hydrogen-bond acceptors (Lipinski definition) is 6. The predicted molar refractivity (Wildman–Crippen MR) is 131 cm³/mol. The number of rotatable bonds is 9. The van der Waals surface area contributed by atoms with Crippen molar-refractivity contribution in [3.8, 4) is 11.5 Å². The Morgan fingerprint density at radius 2 is 1.94 bits per heavy atom. The minimum atomic E-state index is -3.68. The van der Waals surface area contributed by atoms with Gasteiger partial charge in [0.25, 0.3) is 0 Å². The summed E-state index contributed by atoms with van der Waals surface area (Å²) < 4.78 is 43.5. The lowest BCUT2D eigenvalue weighted by molar-refractivity contribution is -0.126. The van der Waals surface area contributed by atoms with Gasteiger partial charge in [-0.05, 0) is 60.9 Å². The third-order valence-electron chi connectivity index (χ3n) is 5.96. The zero-order chi connectivity index (χ0) is 24.8. The highest BCUT2D eigenvalue weighted by molar-refractivity contribution is 7.89. The van der Waals surface area contributed by atoms with Crippen LogP contribution in [-0.2, 0) is 21.4 Å². The van der Waals surface area contributed by atoms with Gasteiger partial charge in [0.15, 0.2) is 0 Å². The van der Waals surface area contributed by atoms with E-state index >= 15 is 0 Å². The molecule has 2 heterocycles. The number of sulfonamides is 1. The number of carbonyl (C=O) groups is 1. The minimum Gasteiger partial charge on any atom is -0.497 e. The van der Waals surface area contributed by atoms with Crippen molar-refractivity contribution in [2.24, 2.45) is 0 Å². The molecular weight excluding hydrogens is 468 g/mol. The monoisotopic (exact) mass is 496 g/mol. The Bertz CT molecular complexity index is 1280. The van der Waals surface area contributed by atoms with Crippen LogP contribution in [0.4, 0.5) is 0 Å². The number of likely N-dealkylation sites (tertiary alicyclic amines) is 1. The van der Waals surface area contributed by atoms with Crippen LogP contribution in [-0.4, -0.2) is 40.0 Å². The summed E-state index contributed by atoms with van der Waals surface area (Å²) in [5.41, 5.74) is 1.67. The van der Waals surface area contributed by atoms with Crippen molar-refractivity contribution in [2.75, 3.05) is 20.8 Å². The third-order valence-corrected chi connectivity index (χ3v) is 7.38. The molecular formula is C26H28N2O6S. The highest BCUT2D eigenvalue weighted by Crippen LogP contribution is 2.38. The first-order chi connectivity index (χ1) is 16.9. The van der Waals surface area contributed by atoms with Crippen LogP contribution in [0.2, 0.25) is 0 Å². The van der Waals surface area contributed by atoms with Crippen molar-refractivity contribution in [1.82, 2.24) is 9.62 Å². The van der Waals surface area contributed by atoms with E-state index in [2.05, 4.69) is 4.72 Å². The summed E-state index contributed by atoms with van der Waals surface area (Å²) in [4.78, 5) is 15.0. The molecule has 35 heavy (non-hydrogen) atoms. The average molecular weight is 497 g/mol. The molecule has 0 saturated carbocycles. The normalized spacial score (nSPS) is 16.1. The van der Waals surface area contributed by atoms with Crippen LogP contribution >= 0.6 is 0 Å². The zero-order valence-corrected chi connectivity index (χ0v) is 20.5. The second kappa shape index (κ2) is 10.8. The molecule has 1 aliphatic heterocycles. The van der Waals surface area contributed by atoms with Crippen LogP contribution in [0, 0.1) is 0 Å². The second-order valence-corrected chi connectivity index (χ2v) is 9.87. The topological polar surface area (TPSA) is 98.1 Å². The molecule has 1 unspecified atom stereocenters. The van der Waals surface area contributed by atoms with Gasteiger partial charge in [0.05, 0.1) is 38.0 Å². The molecule has 2 aromatic carbocycles. The highest BCUT2D eigenvalue weighted by atomic mass is 32.2. The first-order valence-electron chi connectivity index (χ1n) is 11.2. The third kappa shape index (κ3) is 5.75. The maximum absolute atomic E-state index is 13.0. The van der Waals surface area contributed by atoms with Gasteiger partial charge in [0.1, 0.15) is 17.3 Å². The van der Waals surface area contributed by atoms with Crippen LogP contribution in [0.1, 0.15) is 35.8 Å². The van der Waals surface area contributed by atoms with Crippen molar-refractivity contribution in [2.45, 2.75) is 30.3 Å². The molecule has 1 aromatic heterocycles. The van der Waals surface area contributed by atoms with E-state index < -0.39 is 10.0 Å². The highest BCUT2D eigenvalue weighted by Gasteiger charge is 2.31. The molecule has 9 heteroatoms. The summed E-state index contributed by atoms with van der Waals surface area (Å²) in [5.74, 6) is 1.81. The quantitative estimate of drug-likeness (QED) is 0.447. The standard InChI is InChI=1S/C26H28N2O6S/c1-32-20-10-13-23(25(17-20)33-2)24-6-3-15-28(24)26(29)14-9-19-7-11-22(12-8-19)35(30,31)27-18-21-5-4-16-34-21/h4-5,7-14,16-17,24,27H,3,6,15,18H2,1-2H3/b14-9+. The molecule has 1 saturated heterocycles.